The lowest BCUT2D eigenvalue weighted by molar-refractivity contribution is -0.122. The lowest BCUT2D eigenvalue weighted by Gasteiger charge is -2.15. The Morgan fingerprint density at radius 3 is 2.52 bits per heavy atom. The molecule has 1 aliphatic heterocycles. The molecule has 1 aliphatic rings. The molecule has 164 valence electrons. The molecular formula is C27H24N4OS. The molecule has 0 atom stereocenters. The number of H-pyrrole nitrogens is 1. The van der Waals surface area contributed by atoms with Crippen molar-refractivity contribution in [3.8, 4) is 0 Å². The fourth-order valence-electron chi connectivity index (χ4n) is 3.84. The summed E-state index contributed by atoms with van der Waals surface area (Å²) in [6.07, 6.45) is 5.43. The van der Waals surface area contributed by atoms with Gasteiger partial charge in [0.05, 0.1) is 28.8 Å². The van der Waals surface area contributed by atoms with Gasteiger partial charge < -0.3 is 4.98 Å². The smallest absolute Gasteiger partial charge is 0.266 e. The topological polar surface area (TPSA) is 61.4 Å². The molecule has 0 radical (unpaired) electrons. The highest BCUT2D eigenvalue weighted by atomic mass is 32.2. The number of nitrogens with one attached hydrogen (secondary N) is 1. The molecule has 1 aromatic heterocycles. The molecule has 1 saturated heterocycles. The Morgan fingerprint density at radius 1 is 0.970 bits per heavy atom. The molecule has 1 amide bonds. The van der Waals surface area contributed by atoms with Gasteiger partial charge in [-0.05, 0) is 59.5 Å². The first-order valence-electron chi connectivity index (χ1n) is 11.0. The Balaban J connectivity index is 1.37. The van der Waals surface area contributed by atoms with Crippen LogP contribution in [0.2, 0.25) is 0 Å². The highest BCUT2D eigenvalue weighted by Crippen LogP contribution is 2.33. The number of amides is 1. The Labute approximate surface area is 197 Å². The van der Waals surface area contributed by atoms with Gasteiger partial charge >= 0.3 is 0 Å². The minimum Gasteiger partial charge on any atom is -0.345 e. The average Bonchev–Trinajstić information content (AvgIpc) is 3.44. The van der Waals surface area contributed by atoms with Gasteiger partial charge in [-0.1, -0.05) is 66.7 Å². The van der Waals surface area contributed by atoms with Crippen molar-refractivity contribution in [1.82, 2.24) is 14.9 Å². The number of benzene rings is 3. The monoisotopic (exact) mass is 452 g/mol. The van der Waals surface area contributed by atoms with Crippen LogP contribution in [0.1, 0.15) is 23.1 Å². The zero-order valence-electron chi connectivity index (χ0n) is 18.1. The van der Waals surface area contributed by atoms with Crippen molar-refractivity contribution in [1.29, 1.82) is 0 Å². The molecule has 6 heteroatoms. The van der Waals surface area contributed by atoms with Crippen LogP contribution < -0.4 is 0 Å². The first kappa shape index (κ1) is 21.2. The predicted octanol–water partition coefficient (Wildman–Crippen LogP) is 5.67. The summed E-state index contributed by atoms with van der Waals surface area (Å²) in [5.41, 5.74) is 5.23. The lowest BCUT2D eigenvalue weighted by Crippen LogP contribution is -2.30. The molecule has 3 aromatic carbocycles. The van der Waals surface area contributed by atoms with E-state index < -0.39 is 0 Å². The number of fused-ring (bicyclic) bond motifs is 1. The quantitative estimate of drug-likeness (QED) is 0.368. The van der Waals surface area contributed by atoms with Crippen LogP contribution in [-0.4, -0.2) is 32.5 Å². The summed E-state index contributed by atoms with van der Waals surface area (Å²) >= 11 is 1.45. The van der Waals surface area contributed by atoms with Crippen molar-refractivity contribution in [3.05, 3.63) is 107 Å². The number of hydrogen-bond donors (Lipinski definition) is 1. The van der Waals surface area contributed by atoms with Crippen LogP contribution in [-0.2, 0) is 17.8 Å². The van der Waals surface area contributed by atoms with Crippen molar-refractivity contribution in [2.24, 2.45) is 4.99 Å². The summed E-state index contributed by atoms with van der Waals surface area (Å²) in [5, 5.41) is 0.768. The molecule has 4 aromatic rings. The maximum absolute atomic E-state index is 13.3. The van der Waals surface area contributed by atoms with Crippen molar-refractivity contribution in [2.75, 3.05) is 6.54 Å². The second kappa shape index (κ2) is 9.88. The van der Waals surface area contributed by atoms with E-state index in [0.29, 0.717) is 18.0 Å². The molecule has 1 N–H and O–H groups in total. The van der Waals surface area contributed by atoms with E-state index in [4.69, 9.17) is 4.99 Å². The number of amidine groups is 1. The third-order valence-electron chi connectivity index (χ3n) is 5.56. The standard InChI is InChI=1S/C27H24N4OS/c32-26-25(17-22-13-14-23-24(16-22)30-19-29-23)33-27(28-18-21-10-5-2-6-11-21)31(26)15-7-12-20-8-3-1-4-9-20/h1-6,8-11,13-14,16-17,19H,7,12,15,18H2,(H,29,30)/b25-17-,28-27-. The fourth-order valence-corrected chi connectivity index (χ4v) is 4.84. The van der Waals surface area contributed by atoms with Gasteiger partial charge in [0.25, 0.3) is 5.91 Å². The third kappa shape index (κ3) is 5.07. The Morgan fingerprint density at radius 2 is 1.73 bits per heavy atom. The Bertz CT molecular complexity index is 1310. The number of aliphatic imine (C=N–C) groups is 1. The summed E-state index contributed by atoms with van der Waals surface area (Å²) in [4.78, 5) is 28.1. The minimum atomic E-state index is 0.0157. The largest absolute Gasteiger partial charge is 0.345 e. The number of aromatic amines is 1. The first-order chi connectivity index (χ1) is 16.3. The van der Waals surface area contributed by atoms with Crippen LogP contribution in [0.3, 0.4) is 0 Å². The second-order valence-electron chi connectivity index (χ2n) is 7.92. The Kier molecular flexibility index (Phi) is 6.35. The van der Waals surface area contributed by atoms with E-state index in [1.165, 1.54) is 17.3 Å². The third-order valence-corrected chi connectivity index (χ3v) is 6.61. The SMILES string of the molecule is O=C1/C(=C/c2ccc3[nH]cnc3c2)S/C(=N\Cc2ccccc2)N1CCCc1ccccc1. The van der Waals surface area contributed by atoms with E-state index in [-0.39, 0.29) is 5.91 Å². The maximum atomic E-state index is 13.3. The number of nitrogens with zero attached hydrogens (tertiary/aromatic N) is 3. The van der Waals surface area contributed by atoms with E-state index in [0.717, 1.165) is 40.2 Å². The zero-order valence-corrected chi connectivity index (χ0v) is 19.0. The minimum absolute atomic E-state index is 0.0157. The number of imidazole rings is 1. The van der Waals surface area contributed by atoms with E-state index in [2.05, 4.69) is 46.4 Å². The molecule has 2 heterocycles. The van der Waals surface area contributed by atoms with Crippen LogP contribution >= 0.6 is 11.8 Å². The number of aromatic nitrogens is 2. The molecule has 0 saturated carbocycles. The zero-order chi connectivity index (χ0) is 22.5. The Hall–Kier alpha value is -3.64. The molecule has 0 bridgehead atoms. The molecule has 1 fully saturated rings. The van der Waals surface area contributed by atoms with Gasteiger partial charge in [-0.3, -0.25) is 14.7 Å². The summed E-state index contributed by atoms with van der Waals surface area (Å²) in [6.45, 7) is 1.20. The number of aryl methyl sites for hydroxylation is 1. The number of carbonyl (C=O) groups is 1. The van der Waals surface area contributed by atoms with E-state index in [9.17, 15) is 4.79 Å². The van der Waals surface area contributed by atoms with Crippen LogP contribution in [0.4, 0.5) is 0 Å². The number of carbonyl (C=O) groups excluding carboxylic acids is 1. The molecule has 0 unspecified atom stereocenters. The lowest BCUT2D eigenvalue weighted by atomic mass is 10.1. The molecule has 0 spiro atoms. The summed E-state index contributed by atoms with van der Waals surface area (Å²) in [5.74, 6) is 0.0157. The van der Waals surface area contributed by atoms with Crippen LogP contribution in [0.15, 0.2) is 95.1 Å². The van der Waals surface area contributed by atoms with Crippen molar-refractivity contribution in [2.45, 2.75) is 19.4 Å². The van der Waals surface area contributed by atoms with Gasteiger partial charge in [-0.15, -0.1) is 0 Å². The van der Waals surface area contributed by atoms with Crippen molar-refractivity contribution in [3.63, 3.8) is 0 Å². The van der Waals surface area contributed by atoms with Crippen LogP contribution in [0.5, 0.6) is 0 Å². The van der Waals surface area contributed by atoms with E-state index in [1.807, 2.05) is 53.4 Å². The molecule has 5 nitrogen and oxygen atoms in total. The normalized spacial score (nSPS) is 16.4. The van der Waals surface area contributed by atoms with Gasteiger partial charge in [0, 0.05) is 6.54 Å². The summed E-state index contributed by atoms with van der Waals surface area (Å²) in [6, 6.07) is 26.5. The van der Waals surface area contributed by atoms with Crippen LogP contribution in [0.25, 0.3) is 17.1 Å². The van der Waals surface area contributed by atoms with Gasteiger partial charge in [0.1, 0.15) is 0 Å². The summed E-state index contributed by atoms with van der Waals surface area (Å²) < 4.78 is 0. The number of rotatable bonds is 7. The van der Waals surface area contributed by atoms with Crippen molar-refractivity contribution < 1.29 is 4.79 Å². The molecule has 0 aliphatic carbocycles. The first-order valence-corrected chi connectivity index (χ1v) is 11.8. The van der Waals surface area contributed by atoms with Gasteiger partial charge in [-0.2, -0.15) is 0 Å². The second-order valence-corrected chi connectivity index (χ2v) is 8.93. The number of hydrogen-bond acceptors (Lipinski definition) is 4. The fraction of sp³-hybridized carbons (Fsp3) is 0.148. The van der Waals surface area contributed by atoms with Gasteiger partial charge in [0.15, 0.2) is 5.17 Å². The van der Waals surface area contributed by atoms with E-state index in [1.54, 1.807) is 6.33 Å². The summed E-state index contributed by atoms with van der Waals surface area (Å²) in [7, 11) is 0. The molecular weight excluding hydrogens is 428 g/mol. The van der Waals surface area contributed by atoms with Crippen molar-refractivity contribution >= 4 is 39.9 Å². The van der Waals surface area contributed by atoms with E-state index >= 15 is 0 Å². The average molecular weight is 453 g/mol. The molecule has 5 rings (SSSR count). The van der Waals surface area contributed by atoms with Crippen LogP contribution in [0, 0.1) is 0 Å². The highest BCUT2D eigenvalue weighted by Gasteiger charge is 2.32. The highest BCUT2D eigenvalue weighted by molar-refractivity contribution is 8.18. The number of thioether (sulfide) groups is 1. The van der Waals surface area contributed by atoms with Gasteiger partial charge in [-0.25, -0.2) is 4.98 Å². The maximum Gasteiger partial charge on any atom is 0.266 e. The van der Waals surface area contributed by atoms with Gasteiger partial charge in [0.2, 0.25) is 0 Å². The predicted molar refractivity (Wildman–Crippen MR) is 136 cm³/mol. The molecule has 33 heavy (non-hydrogen) atoms.